The third kappa shape index (κ3) is 4.82. The molecule has 0 unspecified atom stereocenters. The van der Waals surface area contributed by atoms with Gasteiger partial charge in [0, 0.05) is 50.6 Å². The summed E-state index contributed by atoms with van der Waals surface area (Å²) in [7, 11) is 0. The number of carbonyl (C=O) groups excluding carboxylic acids is 1. The Labute approximate surface area is 149 Å². The average Bonchev–Trinajstić information content (AvgIpc) is 3.12. The van der Waals surface area contributed by atoms with Crippen LogP contribution in [0.1, 0.15) is 29.5 Å². The number of carbonyl (C=O) groups is 1. The molecule has 1 aliphatic heterocycles. The molecule has 25 heavy (non-hydrogen) atoms. The minimum atomic E-state index is -0.0958. The number of nitrogens with zero attached hydrogens (tertiary/aromatic N) is 3. The molecule has 2 N–H and O–H groups in total. The highest BCUT2D eigenvalue weighted by Crippen LogP contribution is 2.15. The highest BCUT2D eigenvalue weighted by atomic mass is 16.1. The van der Waals surface area contributed by atoms with Crippen molar-refractivity contribution in [1.82, 2.24) is 20.4 Å². The number of rotatable bonds is 7. The van der Waals surface area contributed by atoms with Crippen molar-refractivity contribution in [2.24, 2.45) is 0 Å². The molecule has 1 saturated heterocycles. The molecule has 0 atom stereocenters. The van der Waals surface area contributed by atoms with Gasteiger partial charge in [0.1, 0.15) is 5.69 Å². The summed E-state index contributed by atoms with van der Waals surface area (Å²) in [6.45, 7) is 7.73. The van der Waals surface area contributed by atoms with Gasteiger partial charge >= 0.3 is 0 Å². The fourth-order valence-corrected chi connectivity index (χ4v) is 3.16. The van der Waals surface area contributed by atoms with E-state index in [1.807, 2.05) is 12.1 Å². The van der Waals surface area contributed by atoms with Crippen LogP contribution in [-0.4, -0.2) is 60.3 Å². The molecular formula is C19H27N5O. The Hall–Kier alpha value is -2.34. The number of H-pyrrole nitrogens is 1. The maximum atomic E-state index is 12.1. The van der Waals surface area contributed by atoms with Gasteiger partial charge < -0.3 is 10.2 Å². The standard InChI is InChI=1S/C19H27N5O/c1-2-6-16-15-18(22-21-16)19(25)20-9-10-23-11-13-24(14-12-23)17-7-4-3-5-8-17/h3-5,7-8,15H,2,6,9-14H2,1H3,(H,20,25)(H,21,22). The maximum absolute atomic E-state index is 12.1. The van der Waals surface area contributed by atoms with Gasteiger partial charge in [-0.25, -0.2) is 0 Å². The van der Waals surface area contributed by atoms with Gasteiger partial charge in [0.2, 0.25) is 0 Å². The smallest absolute Gasteiger partial charge is 0.271 e. The van der Waals surface area contributed by atoms with E-state index in [0.29, 0.717) is 12.2 Å². The van der Waals surface area contributed by atoms with Crippen LogP contribution in [0.4, 0.5) is 5.69 Å². The molecule has 0 bridgehead atoms. The van der Waals surface area contributed by atoms with Crippen molar-refractivity contribution in [2.75, 3.05) is 44.2 Å². The molecule has 1 aromatic heterocycles. The van der Waals surface area contributed by atoms with Crippen LogP contribution >= 0.6 is 0 Å². The summed E-state index contributed by atoms with van der Waals surface area (Å²) in [6.07, 6.45) is 1.96. The molecular weight excluding hydrogens is 314 g/mol. The number of benzene rings is 1. The number of para-hydroxylation sites is 1. The number of aryl methyl sites for hydroxylation is 1. The Bertz CT molecular complexity index is 661. The molecule has 0 saturated carbocycles. The van der Waals surface area contributed by atoms with E-state index in [9.17, 15) is 4.79 Å². The second-order valence-corrected chi connectivity index (χ2v) is 6.45. The highest BCUT2D eigenvalue weighted by Gasteiger charge is 2.17. The number of aromatic nitrogens is 2. The number of nitrogens with one attached hydrogen (secondary N) is 2. The van der Waals surface area contributed by atoms with Crippen molar-refractivity contribution in [3.05, 3.63) is 47.8 Å². The highest BCUT2D eigenvalue weighted by molar-refractivity contribution is 5.92. The number of amides is 1. The largest absolute Gasteiger partial charge is 0.369 e. The van der Waals surface area contributed by atoms with E-state index in [-0.39, 0.29) is 5.91 Å². The van der Waals surface area contributed by atoms with Crippen molar-refractivity contribution in [1.29, 1.82) is 0 Å². The SMILES string of the molecule is CCCc1cc(C(=O)NCCN2CCN(c3ccccc3)CC2)n[nH]1. The Kier molecular flexibility index (Phi) is 6.06. The lowest BCUT2D eigenvalue weighted by atomic mass is 10.2. The van der Waals surface area contributed by atoms with Crippen molar-refractivity contribution in [2.45, 2.75) is 19.8 Å². The van der Waals surface area contributed by atoms with Gasteiger partial charge in [0.05, 0.1) is 0 Å². The lowest BCUT2D eigenvalue weighted by Crippen LogP contribution is -2.48. The van der Waals surface area contributed by atoms with Crippen LogP contribution in [0.2, 0.25) is 0 Å². The number of aromatic amines is 1. The summed E-state index contributed by atoms with van der Waals surface area (Å²) >= 11 is 0. The first-order valence-corrected chi connectivity index (χ1v) is 9.11. The lowest BCUT2D eigenvalue weighted by molar-refractivity contribution is 0.0942. The second kappa shape index (κ2) is 8.67. The predicted octanol–water partition coefficient (Wildman–Crippen LogP) is 1.91. The van der Waals surface area contributed by atoms with Crippen molar-refractivity contribution in [3.8, 4) is 0 Å². The minimum Gasteiger partial charge on any atom is -0.369 e. The third-order valence-electron chi connectivity index (χ3n) is 4.59. The first-order valence-electron chi connectivity index (χ1n) is 9.11. The fraction of sp³-hybridized carbons (Fsp3) is 0.474. The van der Waals surface area contributed by atoms with Crippen molar-refractivity contribution < 1.29 is 4.79 Å². The molecule has 2 heterocycles. The number of hydrogen-bond acceptors (Lipinski definition) is 4. The Balaban J connectivity index is 1.37. The van der Waals surface area contributed by atoms with Gasteiger partial charge in [-0.3, -0.25) is 14.8 Å². The fourth-order valence-electron chi connectivity index (χ4n) is 3.16. The summed E-state index contributed by atoms with van der Waals surface area (Å²) < 4.78 is 0. The number of piperazine rings is 1. The van der Waals surface area contributed by atoms with Crippen LogP contribution in [0.15, 0.2) is 36.4 Å². The van der Waals surface area contributed by atoms with Crippen LogP contribution in [0, 0.1) is 0 Å². The number of anilines is 1. The summed E-state index contributed by atoms with van der Waals surface area (Å²) in [5, 5.41) is 9.98. The van der Waals surface area contributed by atoms with Crippen LogP contribution in [0.3, 0.4) is 0 Å². The lowest BCUT2D eigenvalue weighted by Gasteiger charge is -2.36. The molecule has 6 nitrogen and oxygen atoms in total. The average molecular weight is 341 g/mol. The van der Waals surface area contributed by atoms with Crippen LogP contribution < -0.4 is 10.2 Å². The zero-order valence-electron chi connectivity index (χ0n) is 14.9. The zero-order chi connectivity index (χ0) is 17.5. The quantitative estimate of drug-likeness (QED) is 0.807. The molecule has 2 aromatic rings. The Morgan fingerprint density at radius 2 is 1.96 bits per heavy atom. The van der Waals surface area contributed by atoms with E-state index in [1.54, 1.807) is 0 Å². The van der Waals surface area contributed by atoms with Crippen molar-refractivity contribution in [3.63, 3.8) is 0 Å². The molecule has 6 heteroatoms. The monoisotopic (exact) mass is 341 g/mol. The van der Waals surface area contributed by atoms with E-state index >= 15 is 0 Å². The molecule has 0 radical (unpaired) electrons. The molecule has 0 spiro atoms. The van der Waals surface area contributed by atoms with E-state index in [2.05, 4.69) is 56.5 Å². The molecule has 1 fully saturated rings. The van der Waals surface area contributed by atoms with E-state index in [4.69, 9.17) is 0 Å². The van der Waals surface area contributed by atoms with Gasteiger partial charge in [-0.1, -0.05) is 31.5 Å². The van der Waals surface area contributed by atoms with Gasteiger partial charge in [-0.05, 0) is 24.6 Å². The van der Waals surface area contributed by atoms with Gasteiger partial charge in [-0.15, -0.1) is 0 Å². The Morgan fingerprint density at radius 3 is 2.68 bits per heavy atom. The van der Waals surface area contributed by atoms with E-state index in [0.717, 1.165) is 51.3 Å². The summed E-state index contributed by atoms with van der Waals surface area (Å²) in [5.41, 5.74) is 2.79. The molecule has 134 valence electrons. The first-order chi connectivity index (χ1) is 12.3. The second-order valence-electron chi connectivity index (χ2n) is 6.45. The van der Waals surface area contributed by atoms with Gasteiger partial charge in [0.25, 0.3) is 5.91 Å². The summed E-state index contributed by atoms with van der Waals surface area (Å²) in [6, 6.07) is 12.4. The van der Waals surface area contributed by atoms with Crippen LogP contribution in [0.5, 0.6) is 0 Å². The molecule has 1 aromatic carbocycles. The molecule has 0 aliphatic carbocycles. The normalized spacial score (nSPS) is 15.3. The van der Waals surface area contributed by atoms with Crippen molar-refractivity contribution >= 4 is 11.6 Å². The maximum Gasteiger partial charge on any atom is 0.271 e. The Morgan fingerprint density at radius 1 is 1.20 bits per heavy atom. The molecule has 3 rings (SSSR count). The predicted molar refractivity (Wildman–Crippen MR) is 100 cm³/mol. The van der Waals surface area contributed by atoms with Gasteiger partial charge in [0.15, 0.2) is 0 Å². The minimum absolute atomic E-state index is 0.0958. The molecule has 1 aliphatic rings. The molecule has 1 amide bonds. The van der Waals surface area contributed by atoms with Gasteiger partial charge in [-0.2, -0.15) is 5.10 Å². The zero-order valence-corrected chi connectivity index (χ0v) is 14.9. The topological polar surface area (TPSA) is 64.3 Å². The van der Waals surface area contributed by atoms with E-state index < -0.39 is 0 Å². The summed E-state index contributed by atoms with van der Waals surface area (Å²) in [4.78, 5) is 16.9. The van der Waals surface area contributed by atoms with Crippen LogP contribution in [-0.2, 0) is 6.42 Å². The summed E-state index contributed by atoms with van der Waals surface area (Å²) in [5.74, 6) is -0.0958. The van der Waals surface area contributed by atoms with Crippen LogP contribution in [0.25, 0.3) is 0 Å². The van der Waals surface area contributed by atoms with E-state index in [1.165, 1.54) is 5.69 Å². The number of hydrogen-bond donors (Lipinski definition) is 2. The first kappa shape index (κ1) is 17.5. The third-order valence-corrected chi connectivity index (χ3v) is 4.59.